The molecule has 1 aliphatic heterocycles. The van der Waals surface area contributed by atoms with Gasteiger partial charge in [0.15, 0.2) is 0 Å². The van der Waals surface area contributed by atoms with E-state index in [9.17, 15) is 8.42 Å². The van der Waals surface area contributed by atoms with Crippen molar-refractivity contribution < 1.29 is 8.42 Å². The van der Waals surface area contributed by atoms with Crippen molar-refractivity contribution in [3.05, 3.63) is 65.7 Å². The van der Waals surface area contributed by atoms with Crippen LogP contribution < -0.4 is 4.90 Å². The van der Waals surface area contributed by atoms with Crippen LogP contribution in [-0.4, -0.2) is 38.4 Å². The number of aryl methyl sites for hydroxylation is 1. The molecule has 3 rings (SSSR count). The second kappa shape index (κ2) is 6.95. The largest absolute Gasteiger partial charge is 0.366 e. The average Bonchev–Trinajstić information content (AvgIpc) is 2.57. The number of anilines is 1. The third-order valence-corrected chi connectivity index (χ3v) is 6.36. The zero-order valence-electron chi connectivity index (χ0n) is 14.2. The lowest BCUT2D eigenvalue weighted by Crippen LogP contribution is -2.53. The number of sulfonamides is 1. The van der Waals surface area contributed by atoms with Crippen LogP contribution in [0.4, 0.5) is 5.69 Å². The van der Waals surface area contributed by atoms with Gasteiger partial charge in [-0.15, -0.1) is 0 Å². The minimum Gasteiger partial charge on any atom is -0.366 e. The number of rotatable bonds is 4. The number of hydrogen-bond acceptors (Lipinski definition) is 3. The molecule has 1 unspecified atom stereocenters. The van der Waals surface area contributed by atoms with Crippen molar-refractivity contribution in [1.82, 2.24) is 4.31 Å². The summed E-state index contributed by atoms with van der Waals surface area (Å²) in [6.07, 6.45) is 0. The van der Waals surface area contributed by atoms with Crippen molar-refractivity contribution in [2.24, 2.45) is 0 Å². The number of piperazine rings is 1. The Hall–Kier alpha value is -1.85. The van der Waals surface area contributed by atoms with Gasteiger partial charge in [0.25, 0.3) is 0 Å². The maximum atomic E-state index is 12.7. The second-order valence-corrected chi connectivity index (χ2v) is 8.45. The highest BCUT2D eigenvalue weighted by Crippen LogP contribution is 2.22. The minimum absolute atomic E-state index is 0.0747. The van der Waals surface area contributed by atoms with Gasteiger partial charge in [-0.05, 0) is 31.5 Å². The fraction of sp³-hybridized carbons (Fsp3) is 0.368. The van der Waals surface area contributed by atoms with Crippen LogP contribution in [-0.2, 0) is 15.8 Å². The monoisotopic (exact) mass is 344 g/mol. The summed E-state index contributed by atoms with van der Waals surface area (Å²) < 4.78 is 27.1. The normalized spacial score (nSPS) is 19.4. The lowest BCUT2D eigenvalue weighted by Gasteiger charge is -2.40. The van der Waals surface area contributed by atoms with Gasteiger partial charge < -0.3 is 4.90 Å². The smallest absolute Gasteiger partial charge is 0.218 e. The Labute approximate surface area is 144 Å². The van der Waals surface area contributed by atoms with Crippen LogP contribution >= 0.6 is 0 Å². The number of para-hydroxylation sites is 1. The molecule has 4 nitrogen and oxygen atoms in total. The first-order valence-corrected chi connectivity index (χ1v) is 9.92. The van der Waals surface area contributed by atoms with Crippen molar-refractivity contribution in [2.45, 2.75) is 25.6 Å². The molecule has 0 amide bonds. The first-order chi connectivity index (χ1) is 11.5. The Bertz CT molecular complexity index is 773. The summed E-state index contributed by atoms with van der Waals surface area (Å²) in [7, 11) is -3.28. The van der Waals surface area contributed by atoms with E-state index in [4.69, 9.17) is 0 Å². The van der Waals surface area contributed by atoms with Gasteiger partial charge in [-0.25, -0.2) is 8.42 Å². The van der Waals surface area contributed by atoms with E-state index in [1.54, 1.807) is 4.31 Å². The SMILES string of the molecule is Cc1ccc(CS(=O)(=O)N2CCN(c3ccccc3)C(C)C2)cc1. The van der Waals surface area contributed by atoms with E-state index in [0.717, 1.165) is 23.4 Å². The van der Waals surface area contributed by atoms with Gasteiger partial charge in [0.2, 0.25) is 10.0 Å². The number of hydrogen-bond donors (Lipinski definition) is 0. The predicted octanol–water partition coefficient (Wildman–Crippen LogP) is 3.04. The molecule has 1 aliphatic rings. The third kappa shape index (κ3) is 3.79. The van der Waals surface area contributed by atoms with E-state index < -0.39 is 10.0 Å². The standard InChI is InChI=1S/C19H24N2O2S/c1-16-8-10-18(11-9-16)15-24(22,23)20-12-13-21(17(2)14-20)19-6-4-3-5-7-19/h3-11,17H,12-15H2,1-2H3. The van der Waals surface area contributed by atoms with Gasteiger partial charge in [0.05, 0.1) is 5.75 Å². The van der Waals surface area contributed by atoms with Gasteiger partial charge in [-0.3, -0.25) is 0 Å². The average molecular weight is 344 g/mol. The third-order valence-electron chi connectivity index (χ3n) is 4.54. The molecule has 0 aromatic heterocycles. The Morgan fingerprint density at radius 3 is 2.29 bits per heavy atom. The van der Waals surface area contributed by atoms with Gasteiger partial charge in [-0.2, -0.15) is 4.31 Å². The first-order valence-electron chi connectivity index (χ1n) is 8.31. The molecule has 2 aromatic rings. The fourth-order valence-corrected chi connectivity index (χ4v) is 4.77. The van der Waals surface area contributed by atoms with E-state index in [1.165, 1.54) is 0 Å². The molecule has 24 heavy (non-hydrogen) atoms. The maximum Gasteiger partial charge on any atom is 0.218 e. The zero-order valence-corrected chi connectivity index (χ0v) is 15.0. The molecule has 2 aromatic carbocycles. The molecule has 0 N–H and O–H groups in total. The van der Waals surface area contributed by atoms with E-state index >= 15 is 0 Å². The van der Waals surface area contributed by atoms with Gasteiger partial charge >= 0.3 is 0 Å². The Morgan fingerprint density at radius 2 is 1.67 bits per heavy atom. The Morgan fingerprint density at radius 1 is 1.00 bits per heavy atom. The maximum absolute atomic E-state index is 12.7. The van der Waals surface area contributed by atoms with Crippen LogP contribution in [0.15, 0.2) is 54.6 Å². The number of nitrogens with zero attached hydrogens (tertiary/aromatic N) is 2. The second-order valence-electron chi connectivity index (χ2n) is 6.48. The highest BCUT2D eigenvalue weighted by molar-refractivity contribution is 7.88. The summed E-state index contributed by atoms with van der Waals surface area (Å²) >= 11 is 0. The van der Waals surface area contributed by atoms with Crippen LogP contribution in [0.25, 0.3) is 0 Å². The summed E-state index contributed by atoms with van der Waals surface area (Å²) in [5.74, 6) is 0.0747. The molecule has 1 saturated heterocycles. The van der Waals surface area contributed by atoms with Gasteiger partial charge in [0, 0.05) is 31.4 Å². The molecule has 5 heteroatoms. The summed E-state index contributed by atoms with van der Waals surface area (Å²) in [6, 6.07) is 18.1. The lowest BCUT2D eigenvalue weighted by molar-refractivity contribution is 0.342. The van der Waals surface area contributed by atoms with Crippen molar-refractivity contribution in [1.29, 1.82) is 0 Å². The van der Waals surface area contributed by atoms with Crippen molar-refractivity contribution in [3.63, 3.8) is 0 Å². The van der Waals surface area contributed by atoms with Crippen LogP contribution in [0, 0.1) is 6.92 Å². The molecular formula is C19H24N2O2S. The highest BCUT2D eigenvalue weighted by Gasteiger charge is 2.31. The molecule has 0 radical (unpaired) electrons. The summed E-state index contributed by atoms with van der Waals surface area (Å²) in [5.41, 5.74) is 3.14. The van der Waals surface area contributed by atoms with Crippen LogP contribution in [0.2, 0.25) is 0 Å². The van der Waals surface area contributed by atoms with E-state index in [-0.39, 0.29) is 11.8 Å². The summed E-state index contributed by atoms with van der Waals surface area (Å²) in [5, 5.41) is 0. The molecule has 1 heterocycles. The molecular weight excluding hydrogens is 320 g/mol. The Kier molecular flexibility index (Phi) is 4.92. The molecule has 0 spiro atoms. The number of benzene rings is 2. The van der Waals surface area contributed by atoms with Crippen LogP contribution in [0.1, 0.15) is 18.1 Å². The van der Waals surface area contributed by atoms with Crippen LogP contribution in [0.3, 0.4) is 0 Å². The predicted molar refractivity (Wildman–Crippen MR) is 98.6 cm³/mol. The van der Waals surface area contributed by atoms with Crippen molar-refractivity contribution in [2.75, 3.05) is 24.5 Å². The zero-order chi connectivity index (χ0) is 17.2. The molecule has 0 aliphatic carbocycles. The van der Waals surface area contributed by atoms with Crippen molar-refractivity contribution >= 4 is 15.7 Å². The van der Waals surface area contributed by atoms with Gasteiger partial charge in [0.1, 0.15) is 0 Å². The minimum atomic E-state index is -3.28. The lowest BCUT2D eigenvalue weighted by atomic mass is 10.2. The van der Waals surface area contributed by atoms with Crippen LogP contribution in [0.5, 0.6) is 0 Å². The van der Waals surface area contributed by atoms with Crippen molar-refractivity contribution in [3.8, 4) is 0 Å². The Balaban J connectivity index is 1.69. The summed E-state index contributed by atoms with van der Waals surface area (Å²) in [4.78, 5) is 2.28. The van der Waals surface area contributed by atoms with E-state index in [2.05, 4.69) is 24.0 Å². The quantitative estimate of drug-likeness (QED) is 0.856. The highest BCUT2D eigenvalue weighted by atomic mass is 32.2. The van der Waals surface area contributed by atoms with Gasteiger partial charge in [-0.1, -0.05) is 48.0 Å². The molecule has 128 valence electrons. The molecule has 1 atom stereocenters. The molecule has 1 fully saturated rings. The molecule has 0 bridgehead atoms. The first kappa shape index (κ1) is 17.0. The summed E-state index contributed by atoms with van der Waals surface area (Å²) in [6.45, 7) is 5.87. The van der Waals surface area contributed by atoms with E-state index in [1.807, 2.05) is 49.4 Å². The fourth-order valence-electron chi connectivity index (χ4n) is 3.17. The topological polar surface area (TPSA) is 40.6 Å². The molecule has 0 saturated carbocycles. The van der Waals surface area contributed by atoms with E-state index in [0.29, 0.717) is 13.1 Å².